The Kier molecular flexibility index (Phi) is 5.80. The van der Waals surface area contributed by atoms with Crippen molar-refractivity contribution in [1.29, 1.82) is 0 Å². The van der Waals surface area contributed by atoms with E-state index < -0.39 is 6.04 Å². The maximum absolute atomic E-state index is 13.7. The average molecular weight is 407 g/mol. The molecule has 0 aromatic heterocycles. The van der Waals surface area contributed by atoms with E-state index >= 15 is 0 Å². The van der Waals surface area contributed by atoms with Crippen molar-refractivity contribution in [1.82, 2.24) is 4.90 Å². The number of amides is 2. The molecule has 0 bridgehead atoms. The summed E-state index contributed by atoms with van der Waals surface area (Å²) in [6.07, 6.45) is 5.06. The summed E-state index contributed by atoms with van der Waals surface area (Å²) in [4.78, 5) is 30.8. The second-order valence-corrected chi connectivity index (χ2v) is 8.51. The summed E-state index contributed by atoms with van der Waals surface area (Å²) in [5.41, 5.74) is 2.53. The topological polar surface area (TPSA) is 49.9 Å². The summed E-state index contributed by atoms with van der Waals surface area (Å²) in [6.45, 7) is 2.03. The molecule has 1 saturated heterocycles. The molecule has 2 aliphatic rings. The van der Waals surface area contributed by atoms with Gasteiger partial charge >= 0.3 is 0 Å². The molecule has 2 aromatic rings. The minimum Gasteiger partial charge on any atom is -0.496 e. The molecular formula is C25H30N2O3. The molecule has 3 unspecified atom stereocenters. The van der Waals surface area contributed by atoms with Gasteiger partial charge in [-0.1, -0.05) is 42.7 Å². The Hall–Kier alpha value is -2.82. The van der Waals surface area contributed by atoms with Crippen LogP contribution in [0.15, 0.2) is 48.5 Å². The lowest BCUT2D eigenvalue weighted by molar-refractivity contribution is -0.122. The van der Waals surface area contributed by atoms with Gasteiger partial charge in [0.25, 0.3) is 5.91 Å². The van der Waals surface area contributed by atoms with Gasteiger partial charge in [-0.3, -0.25) is 9.59 Å². The third-order valence-electron chi connectivity index (χ3n) is 6.70. The fourth-order valence-corrected chi connectivity index (χ4v) is 5.05. The molecule has 5 nitrogen and oxygen atoms in total. The molecule has 158 valence electrons. The third kappa shape index (κ3) is 3.69. The van der Waals surface area contributed by atoms with Crippen LogP contribution in [-0.4, -0.2) is 43.0 Å². The smallest absolute Gasteiger partial charge is 0.258 e. The maximum atomic E-state index is 13.7. The summed E-state index contributed by atoms with van der Waals surface area (Å²) in [6, 6.07) is 14.9. The Morgan fingerprint density at radius 1 is 1.03 bits per heavy atom. The Bertz CT molecular complexity index is 924. The van der Waals surface area contributed by atoms with Crippen molar-refractivity contribution in [3.8, 4) is 5.75 Å². The lowest BCUT2D eigenvalue weighted by Crippen LogP contribution is -2.50. The number of ether oxygens (including phenoxy) is 1. The number of likely N-dealkylation sites (N-methyl/N-ethyl adjacent to an activating group) is 1. The van der Waals surface area contributed by atoms with E-state index in [1.807, 2.05) is 48.2 Å². The molecule has 2 aromatic carbocycles. The van der Waals surface area contributed by atoms with Crippen molar-refractivity contribution >= 4 is 17.5 Å². The second-order valence-electron chi connectivity index (χ2n) is 8.51. The Balaban J connectivity index is 1.67. The molecule has 1 aliphatic carbocycles. The fourth-order valence-electron chi connectivity index (χ4n) is 5.05. The first-order chi connectivity index (χ1) is 14.5. The fraction of sp³-hybridized carbons (Fsp3) is 0.440. The highest BCUT2D eigenvalue weighted by Gasteiger charge is 2.48. The minimum absolute atomic E-state index is 0.0171. The largest absolute Gasteiger partial charge is 0.496 e. The van der Waals surface area contributed by atoms with Gasteiger partial charge in [-0.2, -0.15) is 0 Å². The normalized spacial score (nSPS) is 23.0. The second kappa shape index (κ2) is 8.50. The number of rotatable bonds is 4. The predicted octanol–water partition coefficient (Wildman–Crippen LogP) is 4.44. The van der Waals surface area contributed by atoms with Crippen LogP contribution in [0.25, 0.3) is 0 Å². The Labute approximate surface area is 178 Å². The number of likely N-dealkylation sites (tertiary alicyclic amines) is 1. The maximum Gasteiger partial charge on any atom is 0.258 e. The summed E-state index contributed by atoms with van der Waals surface area (Å²) in [5, 5.41) is 0. The number of fused-ring (bicyclic) bond motifs is 1. The van der Waals surface area contributed by atoms with Gasteiger partial charge in [-0.25, -0.2) is 0 Å². The summed E-state index contributed by atoms with van der Waals surface area (Å²) in [5.74, 6) is 0.826. The van der Waals surface area contributed by atoms with E-state index in [2.05, 4.69) is 0 Å². The molecule has 30 heavy (non-hydrogen) atoms. The van der Waals surface area contributed by atoms with Crippen molar-refractivity contribution in [2.45, 2.75) is 51.1 Å². The van der Waals surface area contributed by atoms with Gasteiger partial charge in [0.15, 0.2) is 0 Å². The van der Waals surface area contributed by atoms with Crippen LogP contribution in [0.5, 0.6) is 5.75 Å². The van der Waals surface area contributed by atoms with Crippen molar-refractivity contribution < 1.29 is 14.3 Å². The Morgan fingerprint density at radius 3 is 2.47 bits per heavy atom. The zero-order valence-electron chi connectivity index (χ0n) is 18.0. The molecule has 0 N–H and O–H groups in total. The predicted molar refractivity (Wildman–Crippen MR) is 118 cm³/mol. The number of nitrogens with zero attached hydrogens (tertiary/aromatic N) is 2. The van der Waals surface area contributed by atoms with E-state index in [0.29, 0.717) is 17.2 Å². The molecule has 4 rings (SSSR count). The van der Waals surface area contributed by atoms with Crippen molar-refractivity contribution in [3.63, 3.8) is 0 Å². The van der Waals surface area contributed by atoms with Crippen LogP contribution >= 0.6 is 0 Å². The van der Waals surface area contributed by atoms with Crippen molar-refractivity contribution in [2.75, 3.05) is 19.1 Å². The highest BCUT2D eigenvalue weighted by molar-refractivity contribution is 6.03. The number of anilines is 1. The Morgan fingerprint density at radius 2 is 1.73 bits per heavy atom. The number of para-hydroxylation sites is 1. The number of aryl methyl sites for hydroxylation is 1. The van der Waals surface area contributed by atoms with E-state index in [9.17, 15) is 9.59 Å². The van der Waals surface area contributed by atoms with Crippen LogP contribution in [-0.2, 0) is 4.79 Å². The lowest BCUT2D eigenvalue weighted by Gasteiger charge is -2.35. The van der Waals surface area contributed by atoms with E-state index in [-0.39, 0.29) is 17.9 Å². The van der Waals surface area contributed by atoms with Gasteiger partial charge in [-0.05, 0) is 56.4 Å². The number of carbonyl (C=O) groups is 2. The van der Waals surface area contributed by atoms with Gasteiger partial charge in [0.05, 0.1) is 12.7 Å². The van der Waals surface area contributed by atoms with Crippen LogP contribution in [0.2, 0.25) is 0 Å². The van der Waals surface area contributed by atoms with Gasteiger partial charge in [0.1, 0.15) is 11.8 Å². The van der Waals surface area contributed by atoms with Gasteiger partial charge in [-0.15, -0.1) is 0 Å². The number of hydrogen-bond acceptors (Lipinski definition) is 3. The first kappa shape index (κ1) is 20.5. The van der Waals surface area contributed by atoms with E-state index in [1.165, 1.54) is 6.42 Å². The molecule has 1 heterocycles. The molecule has 1 saturated carbocycles. The van der Waals surface area contributed by atoms with E-state index in [4.69, 9.17) is 4.74 Å². The van der Waals surface area contributed by atoms with Gasteiger partial charge in [0, 0.05) is 18.8 Å². The average Bonchev–Trinajstić information content (AvgIpc) is 3.17. The van der Waals surface area contributed by atoms with Crippen LogP contribution < -0.4 is 9.64 Å². The first-order valence-electron chi connectivity index (χ1n) is 10.8. The summed E-state index contributed by atoms with van der Waals surface area (Å²) in [7, 11) is 3.38. The number of hydrogen-bond donors (Lipinski definition) is 0. The first-order valence-corrected chi connectivity index (χ1v) is 10.8. The SMILES string of the molecule is COc1ccccc1C(=O)N1C(C(=O)N(C)c2ccc(C)cc2)CC2CCCCC21. The number of benzene rings is 2. The molecule has 1 aliphatic heterocycles. The third-order valence-corrected chi connectivity index (χ3v) is 6.70. The van der Waals surface area contributed by atoms with E-state index in [0.717, 1.165) is 36.9 Å². The van der Waals surface area contributed by atoms with Crippen molar-refractivity contribution in [2.24, 2.45) is 5.92 Å². The zero-order valence-corrected chi connectivity index (χ0v) is 18.0. The molecule has 3 atom stereocenters. The quantitative estimate of drug-likeness (QED) is 0.754. The van der Waals surface area contributed by atoms with Crippen LogP contribution in [0.1, 0.15) is 48.0 Å². The van der Waals surface area contributed by atoms with Crippen LogP contribution in [0.3, 0.4) is 0 Å². The molecule has 0 radical (unpaired) electrons. The van der Waals surface area contributed by atoms with Gasteiger partial charge < -0.3 is 14.5 Å². The molecule has 2 fully saturated rings. The highest BCUT2D eigenvalue weighted by atomic mass is 16.5. The molecule has 5 heteroatoms. The standard InChI is InChI=1S/C25H30N2O3/c1-17-12-14-19(15-13-17)26(2)25(29)22-16-18-8-4-6-10-21(18)27(22)24(28)20-9-5-7-11-23(20)30-3/h5,7,9,11-15,18,21-22H,4,6,8,10,16H2,1-3H3. The number of methoxy groups -OCH3 is 1. The molecule has 2 amide bonds. The minimum atomic E-state index is -0.443. The molecule has 0 spiro atoms. The molecular weight excluding hydrogens is 376 g/mol. The van der Waals surface area contributed by atoms with E-state index in [1.54, 1.807) is 31.2 Å². The van der Waals surface area contributed by atoms with Crippen LogP contribution in [0.4, 0.5) is 5.69 Å². The van der Waals surface area contributed by atoms with Gasteiger partial charge in [0.2, 0.25) is 5.91 Å². The van der Waals surface area contributed by atoms with Crippen LogP contribution in [0, 0.1) is 12.8 Å². The monoisotopic (exact) mass is 406 g/mol. The summed E-state index contributed by atoms with van der Waals surface area (Å²) >= 11 is 0. The number of carbonyl (C=O) groups excluding carboxylic acids is 2. The zero-order chi connectivity index (χ0) is 21.3. The van der Waals surface area contributed by atoms with Crippen molar-refractivity contribution in [3.05, 3.63) is 59.7 Å². The highest BCUT2D eigenvalue weighted by Crippen LogP contribution is 2.42. The lowest BCUT2D eigenvalue weighted by atomic mass is 9.84. The summed E-state index contributed by atoms with van der Waals surface area (Å²) < 4.78 is 5.44.